The van der Waals surface area contributed by atoms with Crippen LogP contribution in [0.4, 0.5) is 5.69 Å². The van der Waals surface area contributed by atoms with Crippen molar-refractivity contribution in [3.05, 3.63) is 65.7 Å². The van der Waals surface area contributed by atoms with Gasteiger partial charge in [-0.05, 0) is 30.0 Å². The summed E-state index contributed by atoms with van der Waals surface area (Å²) in [7, 11) is 0. The average molecular weight is 420 g/mol. The highest BCUT2D eigenvalue weighted by Gasteiger charge is 2.40. The minimum atomic E-state index is -0.917. The monoisotopic (exact) mass is 420 g/mol. The van der Waals surface area contributed by atoms with E-state index in [1.54, 1.807) is 12.1 Å². The standard InChI is InChI=1S/C23H24N4O4/c24-19(28)13-27-18-9-5-4-8-15(18)12-16(14-6-2-1-3-7-14)21(23(27)31)26-22(30)17-10-11-20(29)25-17/h1-9,16-17,21H,10-13H2,(H2,24,28)(H,25,29)(H,26,30)/t16-,17+,21-/m1/s1. The molecule has 1 saturated heterocycles. The number of carbonyl (C=O) groups is 4. The number of amides is 4. The van der Waals surface area contributed by atoms with Crippen LogP contribution in [0.15, 0.2) is 54.6 Å². The van der Waals surface area contributed by atoms with Gasteiger partial charge in [0.1, 0.15) is 18.6 Å². The van der Waals surface area contributed by atoms with Crippen LogP contribution >= 0.6 is 0 Å². The fourth-order valence-electron chi connectivity index (χ4n) is 4.32. The number of anilines is 1. The fraction of sp³-hybridized carbons (Fsp3) is 0.304. The zero-order valence-corrected chi connectivity index (χ0v) is 16.9. The van der Waals surface area contributed by atoms with E-state index in [9.17, 15) is 19.2 Å². The average Bonchev–Trinajstić information content (AvgIpc) is 3.17. The molecular formula is C23H24N4O4. The number of nitrogens with two attached hydrogens (primary N) is 1. The summed E-state index contributed by atoms with van der Waals surface area (Å²) in [5.74, 6) is -2.00. The van der Waals surface area contributed by atoms with Crippen LogP contribution in [0.5, 0.6) is 0 Å². The van der Waals surface area contributed by atoms with Crippen molar-refractivity contribution in [2.24, 2.45) is 5.73 Å². The van der Waals surface area contributed by atoms with Crippen LogP contribution in [0, 0.1) is 0 Å². The number of rotatable bonds is 5. The van der Waals surface area contributed by atoms with Gasteiger partial charge in [0, 0.05) is 18.0 Å². The molecule has 0 unspecified atom stereocenters. The number of hydrogen-bond acceptors (Lipinski definition) is 4. The third kappa shape index (κ3) is 4.28. The van der Waals surface area contributed by atoms with Gasteiger partial charge in [0.25, 0.3) is 5.91 Å². The fourth-order valence-corrected chi connectivity index (χ4v) is 4.32. The maximum absolute atomic E-state index is 13.7. The lowest BCUT2D eigenvalue weighted by Crippen LogP contribution is -2.55. The molecule has 4 N–H and O–H groups in total. The van der Waals surface area contributed by atoms with Gasteiger partial charge in [0.2, 0.25) is 17.7 Å². The molecule has 4 rings (SSSR count). The molecule has 0 saturated carbocycles. The molecule has 2 aliphatic rings. The largest absolute Gasteiger partial charge is 0.368 e. The molecule has 2 aromatic rings. The molecule has 31 heavy (non-hydrogen) atoms. The highest BCUT2D eigenvalue weighted by molar-refractivity contribution is 6.05. The van der Waals surface area contributed by atoms with Crippen molar-refractivity contribution in [2.45, 2.75) is 37.3 Å². The number of fused-ring (bicyclic) bond motifs is 1. The van der Waals surface area contributed by atoms with Crippen LogP contribution in [0.2, 0.25) is 0 Å². The normalized spacial score (nSPS) is 23.0. The number of carbonyl (C=O) groups excluding carboxylic acids is 4. The summed E-state index contributed by atoms with van der Waals surface area (Å²) in [5.41, 5.74) is 7.82. The lowest BCUT2D eigenvalue weighted by molar-refractivity contribution is -0.130. The lowest BCUT2D eigenvalue weighted by Gasteiger charge is -2.29. The van der Waals surface area contributed by atoms with Crippen LogP contribution in [0.25, 0.3) is 0 Å². The molecule has 1 fully saturated rings. The molecule has 4 amide bonds. The minimum Gasteiger partial charge on any atom is -0.368 e. The second-order valence-corrected chi connectivity index (χ2v) is 7.89. The number of benzene rings is 2. The predicted molar refractivity (Wildman–Crippen MR) is 114 cm³/mol. The van der Waals surface area contributed by atoms with Crippen LogP contribution < -0.4 is 21.3 Å². The number of nitrogens with one attached hydrogen (secondary N) is 2. The Kier molecular flexibility index (Phi) is 5.70. The molecule has 8 nitrogen and oxygen atoms in total. The Morgan fingerprint density at radius 1 is 1.06 bits per heavy atom. The first-order chi connectivity index (χ1) is 14.9. The van der Waals surface area contributed by atoms with Gasteiger partial charge in [-0.1, -0.05) is 48.5 Å². The number of nitrogens with zero attached hydrogens (tertiary/aromatic N) is 1. The first kappa shape index (κ1) is 20.6. The minimum absolute atomic E-state index is 0.185. The molecule has 0 radical (unpaired) electrons. The zero-order valence-electron chi connectivity index (χ0n) is 16.9. The first-order valence-electron chi connectivity index (χ1n) is 10.3. The summed E-state index contributed by atoms with van der Waals surface area (Å²) in [6.07, 6.45) is 1.15. The van der Waals surface area contributed by atoms with Gasteiger partial charge in [-0.15, -0.1) is 0 Å². The van der Waals surface area contributed by atoms with Crippen molar-refractivity contribution in [1.29, 1.82) is 0 Å². The topological polar surface area (TPSA) is 122 Å². The molecule has 3 atom stereocenters. The lowest BCUT2D eigenvalue weighted by atomic mass is 9.86. The Balaban J connectivity index is 1.74. The zero-order chi connectivity index (χ0) is 22.0. The maximum Gasteiger partial charge on any atom is 0.250 e. The van der Waals surface area contributed by atoms with Gasteiger partial charge in [0.15, 0.2) is 0 Å². The smallest absolute Gasteiger partial charge is 0.250 e. The molecule has 2 heterocycles. The molecule has 2 aromatic carbocycles. The van der Waals surface area contributed by atoms with Crippen molar-refractivity contribution in [2.75, 3.05) is 11.4 Å². The highest BCUT2D eigenvalue weighted by Crippen LogP contribution is 2.35. The Labute approximate surface area is 179 Å². The highest BCUT2D eigenvalue weighted by atomic mass is 16.2. The molecule has 0 aromatic heterocycles. The number of para-hydroxylation sites is 1. The molecule has 0 bridgehead atoms. The Morgan fingerprint density at radius 3 is 2.45 bits per heavy atom. The van der Waals surface area contributed by atoms with Gasteiger partial charge in [0.05, 0.1) is 0 Å². The van der Waals surface area contributed by atoms with E-state index in [2.05, 4.69) is 10.6 Å². The summed E-state index contributed by atoms with van der Waals surface area (Å²) in [4.78, 5) is 51.2. The van der Waals surface area contributed by atoms with Crippen molar-refractivity contribution in [3.63, 3.8) is 0 Å². The van der Waals surface area contributed by atoms with E-state index in [1.807, 2.05) is 42.5 Å². The van der Waals surface area contributed by atoms with Gasteiger partial charge >= 0.3 is 0 Å². The number of primary amides is 1. The SMILES string of the molecule is NC(=O)CN1C(=O)[C@H](NC(=O)[C@@H]2CCC(=O)N2)[C@@H](c2ccccc2)Cc2ccccc21. The van der Waals surface area contributed by atoms with Crippen molar-refractivity contribution >= 4 is 29.3 Å². The van der Waals surface area contributed by atoms with Crippen LogP contribution in [-0.4, -0.2) is 42.3 Å². The summed E-state index contributed by atoms with van der Waals surface area (Å²) in [5, 5.41) is 5.50. The quantitative estimate of drug-likeness (QED) is 0.656. The van der Waals surface area contributed by atoms with Gasteiger partial charge in [-0.25, -0.2) is 0 Å². The second kappa shape index (κ2) is 8.59. The van der Waals surface area contributed by atoms with E-state index in [1.165, 1.54) is 4.90 Å². The summed E-state index contributed by atoms with van der Waals surface area (Å²) in [6.45, 7) is -0.288. The van der Waals surface area contributed by atoms with Gasteiger partial charge in [-0.2, -0.15) is 0 Å². The van der Waals surface area contributed by atoms with Gasteiger partial charge in [-0.3, -0.25) is 19.2 Å². The van der Waals surface area contributed by atoms with E-state index in [4.69, 9.17) is 5.73 Å². The van der Waals surface area contributed by atoms with E-state index in [0.29, 0.717) is 18.5 Å². The predicted octanol–water partition coefficient (Wildman–Crippen LogP) is 0.608. The summed E-state index contributed by atoms with van der Waals surface area (Å²) >= 11 is 0. The molecule has 160 valence electrons. The number of hydrogen-bond donors (Lipinski definition) is 3. The molecule has 0 spiro atoms. The van der Waals surface area contributed by atoms with Gasteiger partial charge < -0.3 is 21.3 Å². The van der Waals surface area contributed by atoms with E-state index in [-0.39, 0.29) is 24.8 Å². The molecular weight excluding hydrogens is 396 g/mol. The summed E-state index contributed by atoms with van der Waals surface area (Å²) in [6, 6.07) is 15.3. The second-order valence-electron chi connectivity index (χ2n) is 7.89. The van der Waals surface area contributed by atoms with Crippen LogP contribution in [-0.2, 0) is 25.6 Å². The molecule has 0 aliphatic carbocycles. The van der Waals surface area contributed by atoms with Crippen molar-refractivity contribution < 1.29 is 19.2 Å². The Morgan fingerprint density at radius 2 is 1.77 bits per heavy atom. The van der Waals surface area contributed by atoms with E-state index >= 15 is 0 Å². The van der Waals surface area contributed by atoms with Crippen molar-refractivity contribution in [1.82, 2.24) is 10.6 Å². The van der Waals surface area contributed by atoms with E-state index < -0.39 is 29.8 Å². The Bertz CT molecular complexity index is 1020. The first-order valence-corrected chi connectivity index (χ1v) is 10.3. The van der Waals surface area contributed by atoms with Crippen LogP contribution in [0.1, 0.15) is 29.9 Å². The molecule has 8 heteroatoms. The third-order valence-electron chi connectivity index (χ3n) is 5.81. The van der Waals surface area contributed by atoms with Crippen molar-refractivity contribution in [3.8, 4) is 0 Å². The van der Waals surface area contributed by atoms with Crippen LogP contribution in [0.3, 0.4) is 0 Å². The van der Waals surface area contributed by atoms with E-state index in [0.717, 1.165) is 11.1 Å². The summed E-state index contributed by atoms with van der Waals surface area (Å²) < 4.78 is 0. The third-order valence-corrected chi connectivity index (χ3v) is 5.81. The Hall–Kier alpha value is -3.68. The molecule has 2 aliphatic heterocycles. The maximum atomic E-state index is 13.7.